The fourth-order valence-corrected chi connectivity index (χ4v) is 2.09. The van der Waals surface area contributed by atoms with Gasteiger partial charge in [-0.15, -0.1) is 0 Å². The van der Waals surface area contributed by atoms with E-state index in [9.17, 15) is 4.79 Å². The van der Waals surface area contributed by atoms with E-state index in [1.54, 1.807) is 6.92 Å². The lowest BCUT2D eigenvalue weighted by Gasteiger charge is -2.02. The molecule has 3 heteroatoms. The van der Waals surface area contributed by atoms with Gasteiger partial charge in [0.25, 0.3) is 0 Å². The Morgan fingerprint density at radius 1 is 1.43 bits per heavy atom. The number of ketones is 1. The molecule has 1 heterocycles. The van der Waals surface area contributed by atoms with Crippen LogP contribution in [0.3, 0.4) is 0 Å². The Morgan fingerprint density at radius 2 is 2.14 bits per heavy atom. The second kappa shape index (κ2) is 3.24. The number of carbonyl (C=O) groups is 1. The number of para-hydroxylation sites is 1. The topological polar surface area (TPSA) is 22.0 Å². The average molecular weight is 252 g/mol. The summed E-state index contributed by atoms with van der Waals surface area (Å²) in [6, 6.07) is 7.79. The lowest BCUT2D eigenvalue weighted by molar-refractivity contribution is 0.101. The van der Waals surface area contributed by atoms with Crippen molar-refractivity contribution < 1.29 is 4.79 Å². The van der Waals surface area contributed by atoms with Gasteiger partial charge in [-0.05, 0) is 35.0 Å². The van der Waals surface area contributed by atoms with E-state index < -0.39 is 0 Å². The highest BCUT2D eigenvalue weighted by Gasteiger charge is 2.10. The van der Waals surface area contributed by atoms with Gasteiger partial charge in [0.2, 0.25) is 0 Å². The monoisotopic (exact) mass is 251 g/mol. The van der Waals surface area contributed by atoms with E-state index in [1.807, 2.05) is 35.9 Å². The highest BCUT2D eigenvalue weighted by molar-refractivity contribution is 9.10. The third kappa shape index (κ3) is 1.28. The SMILES string of the molecule is CC(=O)c1cccc2cc(Br)n(C)c12. The Hall–Kier alpha value is -1.09. The molecule has 0 spiro atoms. The van der Waals surface area contributed by atoms with Gasteiger partial charge in [0.05, 0.1) is 10.1 Å². The molecule has 1 aromatic heterocycles. The summed E-state index contributed by atoms with van der Waals surface area (Å²) >= 11 is 3.44. The molecule has 2 aromatic rings. The first-order chi connectivity index (χ1) is 6.61. The van der Waals surface area contributed by atoms with Gasteiger partial charge >= 0.3 is 0 Å². The molecule has 1 aromatic carbocycles. The predicted octanol–water partition coefficient (Wildman–Crippen LogP) is 3.14. The Balaban J connectivity index is 2.91. The molecule has 0 saturated carbocycles. The van der Waals surface area contributed by atoms with E-state index in [2.05, 4.69) is 15.9 Å². The van der Waals surface area contributed by atoms with Crippen LogP contribution in [0.4, 0.5) is 0 Å². The molecule has 0 aliphatic heterocycles. The van der Waals surface area contributed by atoms with Crippen LogP contribution in [0.25, 0.3) is 10.9 Å². The lowest BCUT2D eigenvalue weighted by atomic mass is 10.1. The number of aromatic nitrogens is 1. The molecule has 0 saturated heterocycles. The van der Waals surface area contributed by atoms with Gasteiger partial charge in [0, 0.05) is 18.0 Å². The van der Waals surface area contributed by atoms with Gasteiger partial charge in [-0.2, -0.15) is 0 Å². The molecule has 0 unspecified atom stereocenters. The standard InChI is InChI=1S/C11H10BrNO/c1-7(14)9-5-3-4-8-6-10(12)13(2)11(8)9/h3-6H,1-2H3. The number of fused-ring (bicyclic) bond motifs is 1. The number of hydrogen-bond donors (Lipinski definition) is 0. The molecule has 14 heavy (non-hydrogen) atoms. The van der Waals surface area contributed by atoms with E-state index in [1.165, 1.54) is 0 Å². The first-order valence-electron chi connectivity index (χ1n) is 4.36. The van der Waals surface area contributed by atoms with Gasteiger partial charge in [0.1, 0.15) is 0 Å². The minimum Gasteiger partial charge on any atom is -0.338 e. The lowest BCUT2D eigenvalue weighted by Crippen LogP contribution is -1.97. The first-order valence-corrected chi connectivity index (χ1v) is 5.15. The molecule has 0 amide bonds. The second-order valence-corrected chi connectivity index (χ2v) is 4.14. The fourth-order valence-electron chi connectivity index (χ4n) is 1.67. The zero-order valence-electron chi connectivity index (χ0n) is 8.04. The molecule has 0 atom stereocenters. The van der Waals surface area contributed by atoms with Crippen LogP contribution in [0.5, 0.6) is 0 Å². The van der Waals surface area contributed by atoms with Crippen LogP contribution >= 0.6 is 15.9 Å². The molecule has 2 rings (SSSR count). The van der Waals surface area contributed by atoms with Crippen molar-refractivity contribution in [1.29, 1.82) is 0 Å². The van der Waals surface area contributed by atoms with Gasteiger partial charge in [-0.25, -0.2) is 0 Å². The normalized spacial score (nSPS) is 10.8. The predicted molar refractivity (Wildman–Crippen MR) is 60.6 cm³/mol. The van der Waals surface area contributed by atoms with E-state index in [-0.39, 0.29) is 5.78 Å². The van der Waals surface area contributed by atoms with E-state index in [0.29, 0.717) is 0 Å². The van der Waals surface area contributed by atoms with Crippen LogP contribution in [0.15, 0.2) is 28.9 Å². The van der Waals surface area contributed by atoms with Gasteiger partial charge in [0.15, 0.2) is 5.78 Å². The van der Waals surface area contributed by atoms with Crippen LogP contribution < -0.4 is 0 Å². The summed E-state index contributed by atoms with van der Waals surface area (Å²) in [5.74, 6) is 0.101. The van der Waals surface area contributed by atoms with Crippen LogP contribution in [0.2, 0.25) is 0 Å². The summed E-state index contributed by atoms with van der Waals surface area (Å²) in [4.78, 5) is 11.4. The van der Waals surface area contributed by atoms with Crippen LogP contribution in [0.1, 0.15) is 17.3 Å². The van der Waals surface area contributed by atoms with Crippen LogP contribution in [-0.2, 0) is 7.05 Å². The summed E-state index contributed by atoms with van der Waals surface area (Å²) in [5.41, 5.74) is 1.77. The highest BCUT2D eigenvalue weighted by Crippen LogP contribution is 2.25. The van der Waals surface area contributed by atoms with Gasteiger partial charge in [-0.1, -0.05) is 12.1 Å². The number of benzene rings is 1. The number of Topliss-reactive ketones (excluding diaryl/α,β-unsaturated/α-hetero) is 1. The molecular formula is C11H10BrNO. The Morgan fingerprint density at radius 3 is 2.79 bits per heavy atom. The molecule has 0 radical (unpaired) electrons. The van der Waals surface area contributed by atoms with Crippen molar-refractivity contribution in [2.45, 2.75) is 6.92 Å². The van der Waals surface area contributed by atoms with Crippen molar-refractivity contribution in [3.05, 3.63) is 34.4 Å². The van der Waals surface area contributed by atoms with Crippen molar-refractivity contribution in [3.63, 3.8) is 0 Å². The number of aryl methyl sites for hydroxylation is 1. The average Bonchev–Trinajstić information content (AvgIpc) is 2.43. The van der Waals surface area contributed by atoms with Gasteiger partial charge < -0.3 is 4.57 Å². The Kier molecular flexibility index (Phi) is 2.19. The summed E-state index contributed by atoms with van der Waals surface area (Å²) < 4.78 is 2.97. The molecule has 0 N–H and O–H groups in total. The number of hydrogen-bond acceptors (Lipinski definition) is 1. The second-order valence-electron chi connectivity index (χ2n) is 3.33. The zero-order chi connectivity index (χ0) is 10.3. The maximum atomic E-state index is 11.4. The molecule has 2 nitrogen and oxygen atoms in total. The number of carbonyl (C=O) groups excluding carboxylic acids is 1. The Labute approximate surface area is 90.7 Å². The van der Waals surface area contributed by atoms with E-state index in [4.69, 9.17) is 0 Å². The maximum Gasteiger partial charge on any atom is 0.161 e. The third-order valence-electron chi connectivity index (χ3n) is 2.38. The molecular weight excluding hydrogens is 242 g/mol. The minimum absolute atomic E-state index is 0.101. The summed E-state index contributed by atoms with van der Waals surface area (Å²) in [5, 5.41) is 1.09. The number of nitrogens with zero attached hydrogens (tertiary/aromatic N) is 1. The van der Waals surface area contributed by atoms with Gasteiger partial charge in [-0.3, -0.25) is 4.79 Å². The number of halogens is 1. The third-order valence-corrected chi connectivity index (χ3v) is 3.14. The van der Waals surface area contributed by atoms with E-state index >= 15 is 0 Å². The summed E-state index contributed by atoms with van der Waals surface area (Å²) in [6.45, 7) is 1.59. The summed E-state index contributed by atoms with van der Waals surface area (Å²) in [7, 11) is 1.94. The largest absolute Gasteiger partial charge is 0.338 e. The van der Waals surface area contributed by atoms with Crippen LogP contribution in [0, 0.1) is 0 Å². The minimum atomic E-state index is 0.101. The van der Waals surface area contributed by atoms with Crippen molar-refractivity contribution in [3.8, 4) is 0 Å². The smallest absolute Gasteiger partial charge is 0.161 e. The van der Waals surface area contributed by atoms with Crippen molar-refractivity contribution in [2.75, 3.05) is 0 Å². The highest BCUT2D eigenvalue weighted by atomic mass is 79.9. The quantitative estimate of drug-likeness (QED) is 0.714. The first kappa shape index (κ1) is 9.46. The molecule has 0 aliphatic rings. The molecule has 72 valence electrons. The number of rotatable bonds is 1. The Bertz CT molecular complexity index is 513. The fraction of sp³-hybridized carbons (Fsp3) is 0.182. The van der Waals surface area contributed by atoms with E-state index in [0.717, 1.165) is 21.1 Å². The zero-order valence-corrected chi connectivity index (χ0v) is 9.63. The van der Waals surface area contributed by atoms with Crippen molar-refractivity contribution in [2.24, 2.45) is 7.05 Å². The van der Waals surface area contributed by atoms with Crippen molar-refractivity contribution >= 4 is 32.6 Å². The maximum absolute atomic E-state index is 11.4. The molecule has 0 aliphatic carbocycles. The molecule has 0 fully saturated rings. The van der Waals surface area contributed by atoms with Crippen LogP contribution in [-0.4, -0.2) is 10.4 Å². The van der Waals surface area contributed by atoms with Crippen molar-refractivity contribution in [1.82, 2.24) is 4.57 Å². The summed E-state index contributed by atoms with van der Waals surface area (Å²) in [6.07, 6.45) is 0. The molecule has 0 bridgehead atoms.